The molecular formula is C35H58O7Si2. The first-order valence-electron chi connectivity index (χ1n) is 15.9. The monoisotopic (exact) mass is 646 g/mol. The molecule has 0 bridgehead atoms. The van der Waals surface area contributed by atoms with Crippen molar-refractivity contribution in [2.24, 2.45) is 11.8 Å². The van der Waals surface area contributed by atoms with Crippen molar-refractivity contribution in [3.8, 4) is 5.75 Å². The zero-order chi connectivity index (χ0) is 33.6. The van der Waals surface area contributed by atoms with E-state index in [1.165, 1.54) is 7.11 Å². The number of rotatable bonds is 14. The number of ether oxygens (including phenoxy) is 2. The van der Waals surface area contributed by atoms with E-state index < -0.39 is 40.3 Å². The van der Waals surface area contributed by atoms with E-state index in [-0.39, 0.29) is 21.9 Å². The van der Waals surface area contributed by atoms with Gasteiger partial charge in [-0.1, -0.05) is 78.8 Å². The molecule has 248 valence electrons. The lowest BCUT2D eigenvalue weighted by Gasteiger charge is -2.53. The molecule has 9 heteroatoms. The highest BCUT2D eigenvalue weighted by Crippen LogP contribution is 2.49. The third-order valence-electron chi connectivity index (χ3n) is 9.70. The summed E-state index contributed by atoms with van der Waals surface area (Å²) >= 11 is 0. The van der Waals surface area contributed by atoms with E-state index in [0.29, 0.717) is 12.2 Å². The molecule has 1 aliphatic carbocycles. The van der Waals surface area contributed by atoms with E-state index in [9.17, 15) is 15.0 Å². The van der Waals surface area contributed by atoms with Crippen LogP contribution in [0.25, 0.3) is 0 Å². The summed E-state index contributed by atoms with van der Waals surface area (Å²) in [5.41, 5.74) is 3.26. The van der Waals surface area contributed by atoms with Gasteiger partial charge in [0.1, 0.15) is 5.75 Å². The number of benzene rings is 1. The normalized spacial score (nSPS) is 21.5. The van der Waals surface area contributed by atoms with Gasteiger partial charge in [0.2, 0.25) is 0 Å². The average Bonchev–Trinajstić information content (AvgIpc) is 3.25. The molecule has 0 amide bonds. The summed E-state index contributed by atoms with van der Waals surface area (Å²) in [7, 11) is -4.23. The van der Waals surface area contributed by atoms with Crippen LogP contribution < -0.4 is 4.74 Å². The second kappa shape index (κ2) is 14.6. The van der Waals surface area contributed by atoms with Gasteiger partial charge >= 0.3 is 11.8 Å². The molecule has 1 aliphatic rings. The Labute approximate surface area is 268 Å². The lowest BCUT2D eigenvalue weighted by Crippen LogP contribution is -2.71. The quantitative estimate of drug-likeness (QED) is 0.0904. The Morgan fingerprint density at radius 2 is 1.52 bits per heavy atom. The van der Waals surface area contributed by atoms with Crippen LogP contribution in [-0.2, 0) is 18.4 Å². The van der Waals surface area contributed by atoms with Crippen molar-refractivity contribution in [2.45, 2.75) is 128 Å². The van der Waals surface area contributed by atoms with Crippen LogP contribution in [0.2, 0.25) is 36.3 Å². The van der Waals surface area contributed by atoms with Crippen molar-refractivity contribution >= 4 is 22.6 Å². The molecule has 4 atom stereocenters. The van der Waals surface area contributed by atoms with Crippen LogP contribution in [0, 0.1) is 11.8 Å². The minimum Gasteiger partial charge on any atom is -0.476 e. The highest BCUT2D eigenvalue weighted by atomic mass is 28.4. The highest BCUT2D eigenvalue weighted by molar-refractivity contribution is 6.75. The number of hydrogen-bond acceptors (Lipinski definition) is 6. The predicted octanol–water partition coefficient (Wildman–Crippen LogP) is 8.69. The van der Waals surface area contributed by atoms with E-state index in [1.807, 2.05) is 12.1 Å². The average molecular weight is 647 g/mol. The predicted molar refractivity (Wildman–Crippen MR) is 183 cm³/mol. The molecule has 1 aromatic carbocycles. The van der Waals surface area contributed by atoms with Gasteiger partial charge in [0.25, 0.3) is 5.79 Å². The number of hydrogen-bond donors (Lipinski definition) is 2. The first-order valence-corrected chi connectivity index (χ1v) is 21.7. The van der Waals surface area contributed by atoms with Crippen LogP contribution in [0.4, 0.5) is 0 Å². The molecule has 0 aliphatic heterocycles. The van der Waals surface area contributed by atoms with Gasteiger partial charge in [0.05, 0.1) is 6.10 Å². The van der Waals surface area contributed by atoms with Crippen molar-refractivity contribution in [1.82, 2.24) is 0 Å². The number of carboxylic acid groups (broad SMARTS) is 1. The Bertz CT molecular complexity index is 1150. The van der Waals surface area contributed by atoms with Gasteiger partial charge in [-0.15, -0.1) is 5.73 Å². The molecule has 44 heavy (non-hydrogen) atoms. The zero-order valence-corrected chi connectivity index (χ0v) is 31.2. The van der Waals surface area contributed by atoms with E-state index in [4.69, 9.17) is 18.3 Å². The molecule has 1 aromatic rings. The van der Waals surface area contributed by atoms with E-state index >= 15 is 0 Å². The molecule has 1 saturated carbocycles. The van der Waals surface area contributed by atoms with E-state index in [0.717, 1.165) is 19.3 Å². The van der Waals surface area contributed by atoms with Crippen molar-refractivity contribution in [1.29, 1.82) is 0 Å². The molecule has 7 nitrogen and oxygen atoms in total. The number of methoxy groups -OCH3 is 1. The van der Waals surface area contributed by atoms with Gasteiger partial charge in [-0.25, -0.2) is 4.79 Å². The summed E-state index contributed by atoms with van der Waals surface area (Å²) in [4.78, 5) is 13.5. The molecule has 2 N–H and O–H groups in total. The summed E-state index contributed by atoms with van der Waals surface area (Å²) in [5.74, 6) is -5.19. The van der Waals surface area contributed by atoms with Crippen molar-refractivity contribution in [3.63, 3.8) is 0 Å². The molecule has 0 heterocycles. The zero-order valence-electron chi connectivity index (χ0n) is 29.2. The number of carbonyl (C=O) groups is 1. The number of aliphatic carboxylic acids is 1. The van der Waals surface area contributed by atoms with Gasteiger partial charge in [0, 0.05) is 13.2 Å². The highest BCUT2D eigenvalue weighted by Gasteiger charge is 2.67. The first kappa shape index (κ1) is 38.2. The summed E-state index contributed by atoms with van der Waals surface area (Å²) in [5, 5.41) is 21.2. The van der Waals surface area contributed by atoms with Crippen molar-refractivity contribution in [2.75, 3.05) is 7.11 Å². The van der Waals surface area contributed by atoms with E-state index in [1.54, 1.807) is 30.3 Å². The van der Waals surface area contributed by atoms with E-state index in [2.05, 4.69) is 92.5 Å². The Balaban J connectivity index is 2.88. The van der Waals surface area contributed by atoms with Crippen molar-refractivity contribution < 1.29 is 33.3 Å². The maximum absolute atomic E-state index is 13.5. The minimum atomic E-state index is -2.77. The van der Waals surface area contributed by atoms with Gasteiger partial charge in [-0.05, 0) is 92.0 Å². The smallest absolute Gasteiger partial charge is 0.383 e. The Morgan fingerprint density at radius 3 is 1.98 bits per heavy atom. The van der Waals surface area contributed by atoms with Gasteiger partial charge in [-0.3, -0.25) is 0 Å². The van der Waals surface area contributed by atoms with Gasteiger partial charge < -0.3 is 28.5 Å². The summed E-state index contributed by atoms with van der Waals surface area (Å²) in [6.07, 6.45) is 10.6. The van der Waals surface area contributed by atoms with Crippen LogP contribution in [0.5, 0.6) is 5.75 Å². The fourth-order valence-electron chi connectivity index (χ4n) is 4.89. The molecule has 0 radical (unpaired) electrons. The lowest BCUT2D eigenvalue weighted by molar-refractivity contribution is -0.306. The number of aliphatic hydroxyl groups is 1. The number of allylic oxidation sites excluding steroid dienone is 2. The third kappa shape index (κ3) is 8.63. The summed E-state index contributed by atoms with van der Waals surface area (Å²) in [6.45, 7) is 22.9. The SMILES string of the molecule is CCC=C[C@H]1CC[C@H](O)[C@@H]1CC=C=CC([16O][Si](C)(C)C(C)(C)C)([16O][Si](C)(C)C(C)(C)C)C(OC)(Oc1ccccc1)C(=O)O. The second-order valence-corrected chi connectivity index (χ2v) is 24.4. The molecule has 0 aromatic heterocycles. The standard InChI is InChI=1S/C35H58O7Si2/c1-13-14-20-27-24-25-30(36)29(27)23-18-19-26-34(41-43(9,10)32(2,3)4,42-44(11,12)33(5,6)7)35(39-8,31(37)38)40-28-21-16-15-17-22-28/h14-18,20-22,26-27,29-30,36H,13,23-25H2,1-12H3,(H,37,38)/t19?,27-,29+,30-,35?/m0/s1/i41+0,42+0. The molecule has 1 unspecified atom stereocenters. The first-order chi connectivity index (χ1) is 20.2. The molecule has 0 saturated heterocycles. The minimum absolute atomic E-state index is 0.0444. The Morgan fingerprint density at radius 1 is 0.977 bits per heavy atom. The molecule has 0 spiro atoms. The summed E-state index contributed by atoms with van der Waals surface area (Å²) in [6, 6.07) is 8.75. The largest absolute Gasteiger partial charge is 0.476 e. The molecule has 2 rings (SSSR count). The summed E-state index contributed by atoms with van der Waals surface area (Å²) < 4.78 is 26.5. The lowest BCUT2D eigenvalue weighted by atomic mass is 9.91. The Hall–Kier alpha value is -1.98. The van der Waals surface area contributed by atoms with Crippen molar-refractivity contribution in [3.05, 3.63) is 60.4 Å². The van der Waals surface area contributed by atoms with Crippen LogP contribution in [0.3, 0.4) is 0 Å². The van der Waals surface area contributed by atoms with Gasteiger partial charge in [-0.2, -0.15) is 0 Å². The third-order valence-corrected chi connectivity index (χ3v) is 18.6. The van der Waals surface area contributed by atoms with Gasteiger partial charge in [0.15, 0.2) is 16.6 Å². The van der Waals surface area contributed by atoms with Crippen LogP contribution >= 0.6 is 0 Å². The fourth-order valence-corrected chi connectivity index (χ4v) is 7.58. The topological polar surface area (TPSA) is 94.5 Å². The van der Waals surface area contributed by atoms with Crippen LogP contribution in [0.1, 0.15) is 74.1 Å². The molecule has 1 fully saturated rings. The molecular weight excluding hydrogens is 589 g/mol. The fraction of sp³-hybridized carbons (Fsp3) is 0.657. The van der Waals surface area contributed by atoms with Crippen LogP contribution in [-0.4, -0.2) is 57.6 Å². The maximum Gasteiger partial charge on any atom is 0.383 e. The number of para-hydroxylation sites is 1. The maximum atomic E-state index is 13.5. The second-order valence-electron chi connectivity index (χ2n) is 15.0. The number of aliphatic hydroxyl groups excluding tert-OH is 1. The Kier molecular flexibility index (Phi) is 12.7. The number of carboxylic acids is 1. The van der Waals surface area contributed by atoms with Crippen LogP contribution in [0.15, 0.2) is 60.4 Å².